The second-order valence-corrected chi connectivity index (χ2v) is 6.23. The van der Waals surface area contributed by atoms with Crippen LogP contribution >= 0.6 is 0 Å². The molecule has 130 valence electrons. The van der Waals surface area contributed by atoms with Crippen LogP contribution < -0.4 is 10.6 Å². The zero-order chi connectivity index (χ0) is 17.4. The van der Waals surface area contributed by atoms with E-state index in [2.05, 4.69) is 16.7 Å². The van der Waals surface area contributed by atoms with Crippen LogP contribution in [-0.4, -0.2) is 18.4 Å². The Labute approximate surface area is 144 Å². The van der Waals surface area contributed by atoms with E-state index in [1.807, 2.05) is 32.0 Å². The maximum atomic E-state index is 12.2. The Hall–Kier alpha value is -2.10. The first kappa shape index (κ1) is 18.2. The SMILES string of the molecule is CCc1cccc(CC)c1NC(=O)C(=O)NCCC1=CCCCC1. The molecular weight excluding hydrogens is 300 g/mol. The largest absolute Gasteiger partial charge is 0.348 e. The van der Waals surface area contributed by atoms with Gasteiger partial charge in [0.25, 0.3) is 0 Å². The van der Waals surface area contributed by atoms with Gasteiger partial charge >= 0.3 is 11.8 Å². The molecule has 2 rings (SSSR count). The lowest BCUT2D eigenvalue weighted by molar-refractivity contribution is -0.136. The highest BCUT2D eigenvalue weighted by molar-refractivity contribution is 6.39. The smallest absolute Gasteiger partial charge is 0.313 e. The molecule has 1 aromatic carbocycles. The summed E-state index contributed by atoms with van der Waals surface area (Å²) < 4.78 is 0. The zero-order valence-electron chi connectivity index (χ0n) is 14.8. The van der Waals surface area contributed by atoms with Gasteiger partial charge in [-0.1, -0.05) is 43.7 Å². The molecule has 0 aromatic heterocycles. The first-order valence-electron chi connectivity index (χ1n) is 9.03. The molecule has 4 nitrogen and oxygen atoms in total. The molecular formula is C20H28N2O2. The van der Waals surface area contributed by atoms with Gasteiger partial charge in [0.15, 0.2) is 0 Å². The van der Waals surface area contributed by atoms with Crippen molar-refractivity contribution in [1.82, 2.24) is 5.32 Å². The highest BCUT2D eigenvalue weighted by Gasteiger charge is 2.16. The molecule has 0 spiro atoms. The van der Waals surface area contributed by atoms with E-state index in [4.69, 9.17) is 0 Å². The zero-order valence-corrected chi connectivity index (χ0v) is 14.8. The number of benzene rings is 1. The van der Waals surface area contributed by atoms with Crippen LogP contribution in [0.4, 0.5) is 5.69 Å². The Morgan fingerprint density at radius 1 is 1.04 bits per heavy atom. The second-order valence-electron chi connectivity index (χ2n) is 6.23. The van der Waals surface area contributed by atoms with Crippen molar-refractivity contribution in [2.45, 2.75) is 58.8 Å². The lowest BCUT2D eigenvalue weighted by atomic mass is 9.97. The number of amides is 2. The lowest BCUT2D eigenvalue weighted by Crippen LogP contribution is -2.36. The second kappa shape index (κ2) is 9.26. The number of para-hydroxylation sites is 1. The predicted octanol–water partition coefficient (Wildman–Crippen LogP) is 3.76. The highest BCUT2D eigenvalue weighted by Crippen LogP contribution is 2.22. The van der Waals surface area contributed by atoms with E-state index in [0.29, 0.717) is 6.54 Å². The molecule has 0 fully saturated rings. The van der Waals surface area contributed by atoms with Crippen molar-refractivity contribution in [2.24, 2.45) is 0 Å². The van der Waals surface area contributed by atoms with Gasteiger partial charge in [0, 0.05) is 12.2 Å². The Bertz CT molecular complexity index is 598. The van der Waals surface area contributed by atoms with Crippen LogP contribution in [0, 0.1) is 0 Å². The van der Waals surface area contributed by atoms with Gasteiger partial charge in [-0.3, -0.25) is 9.59 Å². The van der Waals surface area contributed by atoms with Gasteiger partial charge in [-0.25, -0.2) is 0 Å². The molecule has 0 heterocycles. The Morgan fingerprint density at radius 3 is 2.33 bits per heavy atom. The maximum absolute atomic E-state index is 12.2. The number of nitrogens with one attached hydrogen (secondary N) is 2. The van der Waals surface area contributed by atoms with Gasteiger partial charge in [0.2, 0.25) is 0 Å². The van der Waals surface area contributed by atoms with Crippen LogP contribution in [0.3, 0.4) is 0 Å². The van der Waals surface area contributed by atoms with Crippen molar-refractivity contribution in [2.75, 3.05) is 11.9 Å². The fourth-order valence-corrected chi connectivity index (χ4v) is 3.12. The number of allylic oxidation sites excluding steroid dienone is 1. The van der Waals surface area contributed by atoms with Crippen molar-refractivity contribution in [3.05, 3.63) is 41.0 Å². The molecule has 0 radical (unpaired) electrons. The first-order valence-corrected chi connectivity index (χ1v) is 9.03. The van der Waals surface area contributed by atoms with E-state index < -0.39 is 11.8 Å². The summed E-state index contributed by atoms with van der Waals surface area (Å²) in [7, 11) is 0. The van der Waals surface area contributed by atoms with Crippen LogP contribution in [0.2, 0.25) is 0 Å². The molecule has 0 atom stereocenters. The van der Waals surface area contributed by atoms with Gasteiger partial charge in [-0.05, 0) is 56.1 Å². The van der Waals surface area contributed by atoms with E-state index in [1.54, 1.807) is 0 Å². The molecule has 24 heavy (non-hydrogen) atoms. The Balaban J connectivity index is 1.89. The van der Waals surface area contributed by atoms with Crippen molar-refractivity contribution < 1.29 is 9.59 Å². The highest BCUT2D eigenvalue weighted by atomic mass is 16.2. The molecule has 1 aromatic rings. The average Bonchev–Trinajstić information content (AvgIpc) is 2.62. The summed E-state index contributed by atoms with van der Waals surface area (Å²) in [5.74, 6) is -1.14. The third-order valence-electron chi connectivity index (χ3n) is 4.56. The third kappa shape index (κ3) is 4.95. The van der Waals surface area contributed by atoms with Crippen LogP contribution in [-0.2, 0) is 22.4 Å². The predicted molar refractivity (Wildman–Crippen MR) is 98.0 cm³/mol. The van der Waals surface area contributed by atoms with Crippen LogP contribution in [0.5, 0.6) is 0 Å². The Morgan fingerprint density at radius 2 is 1.75 bits per heavy atom. The molecule has 0 saturated carbocycles. The number of carbonyl (C=O) groups excluding carboxylic acids is 2. The summed E-state index contributed by atoms with van der Waals surface area (Å²) in [6, 6.07) is 5.97. The van der Waals surface area contributed by atoms with Crippen molar-refractivity contribution >= 4 is 17.5 Å². The number of hydrogen-bond acceptors (Lipinski definition) is 2. The van der Waals surface area contributed by atoms with Crippen LogP contribution in [0.25, 0.3) is 0 Å². The van der Waals surface area contributed by atoms with Gasteiger partial charge in [-0.15, -0.1) is 0 Å². The summed E-state index contributed by atoms with van der Waals surface area (Å²) in [6.07, 6.45) is 9.48. The standard InChI is InChI=1S/C20H28N2O2/c1-3-16-11-8-12-17(4-2)18(16)22-20(24)19(23)21-14-13-15-9-6-5-7-10-15/h8-9,11-12H,3-7,10,13-14H2,1-2H3,(H,21,23)(H,22,24). The van der Waals surface area contributed by atoms with Gasteiger partial charge in [0.1, 0.15) is 0 Å². The molecule has 0 bridgehead atoms. The van der Waals surface area contributed by atoms with Crippen molar-refractivity contribution in [3.63, 3.8) is 0 Å². The van der Waals surface area contributed by atoms with Crippen molar-refractivity contribution in [3.8, 4) is 0 Å². The van der Waals surface area contributed by atoms with Crippen LogP contribution in [0.15, 0.2) is 29.8 Å². The van der Waals surface area contributed by atoms with Gasteiger partial charge in [0.05, 0.1) is 0 Å². The summed E-state index contributed by atoms with van der Waals surface area (Å²) in [5, 5.41) is 5.54. The fourth-order valence-electron chi connectivity index (χ4n) is 3.12. The molecule has 0 unspecified atom stereocenters. The topological polar surface area (TPSA) is 58.2 Å². The number of hydrogen-bond donors (Lipinski definition) is 2. The lowest BCUT2D eigenvalue weighted by Gasteiger charge is -2.15. The third-order valence-corrected chi connectivity index (χ3v) is 4.56. The molecule has 2 N–H and O–H groups in total. The van der Waals surface area contributed by atoms with E-state index in [-0.39, 0.29) is 0 Å². The minimum absolute atomic E-state index is 0.522. The Kier molecular flexibility index (Phi) is 7.04. The summed E-state index contributed by atoms with van der Waals surface area (Å²) >= 11 is 0. The minimum Gasteiger partial charge on any atom is -0.348 e. The fraction of sp³-hybridized carbons (Fsp3) is 0.500. The van der Waals surface area contributed by atoms with E-state index in [0.717, 1.165) is 48.9 Å². The molecule has 2 amide bonds. The van der Waals surface area contributed by atoms with Gasteiger partial charge in [-0.2, -0.15) is 0 Å². The molecule has 0 saturated heterocycles. The molecule has 1 aliphatic rings. The summed E-state index contributed by atoms with van der Waals surface area (Å²) in [4.78, 5) is 24.2. The van der Waals surface area contributed by atoms with Crippen LogP contribution in [0.1, 0.15) is 57.1 Å². The summed E-state index contributed by atoms with van der Waals surface area (Å²) in [5.41, 5.74) is 4.30. The molecule has 4 heteroatoms. The maximum Gasteiger partial charge on any atom is 0.313 e. The molecule has 1 aliphatic carbocycles. The number of anilines is 1. The average molecular weight is 328 g/mol. The summed E-state index contributed by atoms with van der Waals surface area (Å²) in [6.45, 7) is 4.61. The van der Waals surface area contributed by atoms with Gasteiger partial charge < -0.3 is 10.6 Å². The first-order chi connectivity index (χ1) is 11.7. The minimum atomic E-state index is -0.580. The number of rotatable bonds is 6. The quantitative estimate of drug-likeness (QED) is 0.617. The monoisotopic (exact) mass is 328 g/mol. The molecule has 0 aliphatic heterocycles. The van der Waals surface area contributed by atoms with Crippen molar-refractivity contribution in [1.29, 1.82) is 0 Å². The number of aryl methyl sites for hydroxylation is 2. The van der Waals surface area contributed by atoms with E-state index >= 15 is 0 Å². The normalized spacial score (nSPS) is 14.0. The number of carbonyl (C=O) groups is 2. The van der Waals surface area contributed by atoms with E-state index in [9.17, 15) is 9.59 Å². The van der Waals surface area contributed by atoms with E-state index in [1.165, 1.54) is 18.4 Å².